The van der Waals surface area contributed by atoms with Gasteiger partial charge >= 0.3 is 0 Å². The lowest BCUT2D eigenvalue weighted by Gasteiger charge is -2.34. The van der Waals surface area contributed by atoms with Gasteiger partial charge < -0.3 is 15.4 Å². The molecule has 0 amide bonds. The number of ketones is 1. The molecule has 0 aromatic heterocycles. The molecule has 0 radical (unpaired) electrons. The third-order valence-electron chi connectivity index (χ3n) is 3.72. The van der Waals surface area contributed by atoms with Crippen LogP contribution in [0, 0.1) is 0 Å². The summed E-state index contributed by atoms with van der Waals surface area (Å²) in [6, 6.07) is 5.71. The van der Waals surface area contributed by atoms with Crippen LogP contribution in [-0.2, 0) is 4.74 Å². The number of hydrogen-bond donors (Lipinski definition) is 1. The third kappa shape index (κ3) is 3.51. The fourth-order valence-corrected chi connectivity index (χ4v) is 2.64. The van der Waals surface area contributed by atoms with E-state index in [0.29, 0.717) is 17.4 Å². The zero-order chi connectivity index (χ0) is 14.5. The number of nitrogen functional groups attached to an aromatic ring is 1. The minimum absolute atomic E-state index is 0.0140. The van der Waals surface area contributed by atoms with E-state index in [9.17, 15) is 4.79 Å². The van der Waals surface area contributed by atoms with Crippen molar-refractivity contribution >= 4 is 17.2 Å². The first-order valence-corrected chi connectivity index (χ1v) is 7.38. The second-order valence-electron chi connectivity index (χ2n) is 5.41. The molecule has 0 saturated carbocycles. The fourth-order valence-electron chi connectivity index (χ4n) is 2.64. The zero-order valence-electron chi connectivity index (χ0n) is 12.4. The van der Waals surface area contributed by atoms with Crippen molar-refractivity contribution in [3.8, 4) is 0 Å². The number of carbonyl (C=O) groups is 1. The summed E-state index contributed by atoms with van der Waals surface area (Å²) in [6.45, 7) is 6.39. The molecular formula is C16H24N2O2. The van der Waals surface area contributed by atoms with E-state index in [-0.39, 0.29) is 5.78 Å². The Hall–Kier alpha value is -1.55. The predicted octanol–water partition coefficient (Wildman–Crippen LogP) is 2.87. The van der Waals surface area contributed by atoms with Gasteiger partial charge in [0.05, 0.1) is 6.10 Å². The number of Topliss-reactive ketones (excluding diaryl/α,β-unsaturated/α-hetero) is 1. The average molecular weight is 276 g/mol. The molecule has 4 heteroatoms. The summed E-state index contributed by atoms with van der Waals surface area (Å²) in [6.07, 6.45) is 3.58. The maximum atomic E-state index is 11.6. The van der Waals surface area contributed by atoms with E-state index >= 15 is 0 Å². The van der Waals surface area contributed by atoms with Crippen molar-refractivity contribution in [3.05, 3.63) is 23.8 Å². The molecule has 0 bridgehead atoms. The predicted molar refractivity (Wildman–Crippen MR) is 82.3 cm³/mol. The number of piperidine rings is 1. The van der Waals surface area contributed by atoms with Crippen molar-refractivity contribution in [2.45, 2.75) is 39.2 Å². The molecule has 0 aliphatic carbocycles. The molecule has 2 rings (SSSR count). The lowest BCUT2D eigenvalue weighted by Crippen LogP contribution is -2.39. The highest BCUT2D eigenvalue weighted by atomic mass is 16.5. The van der Waals surface area contributed by atoms with Gasteiger partial charge in [0.1, 0.15) is 0 Å². The van der Waals surface area contributed by atoms with Gasteiger partial charge in [-0.3, -0.25) is 4.79 Å². The van der Waals surface area contributed by atoms with Crippen molar-refractivity contribution in [3.63, 3.8) is 0 Å². The Morgan fingerprint density at radius 1 is 1.50 bits per heavy atom. The Balaban J connectivity index is 2.10. The number of nitrogens with two attached hydrogens (primary N) is 1. The highest BCUT2D eigenvalue weighted by Crippen LogP contribution is 2.25. The second-order valence-corrected chi connectivity index (χ2v) is 5.41. The molecule has 0 spiro atoms. The Kier molecular flexibility index (Phi) is 5.01. The minimum atomic E-state index is 0.0140. The SMILES string of the molecule is CCCOC1CCCN(c2ccc(N)c(C(C)=O)c2)C1. The summed E-state index contributed by atoms with van der Waals surface area (Å²) < 4.78 is 5.85. The van der Waals surface area contributed by atoms with Crippen molar-refractivity contribution in [2.24, 2.45) is 0 Å². The maximum absolute atomic E-state index is 11.6. The molecule has 1 saturated heterocycles. The molecule has 4 nitrogen and oxygen atoms in total. The Bertz CT molecular complexity index is 474. The lowest BCUT2D eigenvalue weighted by molar-refractivity contribution is 0.0440. The number of rotatable bonds is 5. The van der Waals surface area contributed by atoms with Crippen molar-refractivity contribution in [1.29, 1.82) is 0 Å². The van der Waals surface area contributed by atoms with E-state index in [1.165, 1.54) is 0 Å². The molecule has 1 atom stereocenters. The minimum Gasteiger partial charge on any atom is -0.398 e. The molecule has 1 aliphatic rings. The van der Waals surface area contributed by atoms with Gasteiger partial charge in [-0.1, -0.05) is 6.92 Å². The van der Waals surface area contributed by atoms with Gasteiger partial charge in [0.15, 0.2) is 5.78 Å². The van der Waals surface area contributed by atoms with Gasteiger partial charge in [0.2, 0.25) is 0 Å². The van der Waals surface area contributed by atoms with Gasteiger partial charge in [-0.2, -0.15) is 0 Å². The molecule has 110 valence electrons. The molecular weight excluding hydrogens is 252 g/mol. The molecule has 1 unspecified atom stereocenters. The highest BCUT2D eigenvalue weighted by Gasteiger charge is 2.21. The van der Waals surface area contributed by atoms with Crippen LogP contribution in [0.25, 0.3) is 0 Å². The van der Waals surface area contributed by atoms with E-state index in [1.807, 2.05) is 18.2 Å². The van der Waals surface area contributed by atoms with Crippen LogP contribution in [-0.4, -0.2) is 31.6 Å². The van der Waals surface area contributed by atoms with Crippen molar-refractivity contribution in [2.75, 3.05) is 30.3 Å². The normalized spacial score (nSPS) is 19.1. The number of ether oxygens (including phenoxy) is 1. The Morgan fingerprint density at radius 3 is 3.00 bits per heavy atom. The van der Waals surface area contributed by atoms with Gasteiger partial charge in [-0.05, 0) is 44.4 Å². The highest BCUT2D eigenvalue weighted by molar-refractivity contribution is 6.00. The third-order valence-corrected chi connectivity index (χ3v) is 3.72. The summed E-state index contributed by atoms with van der Waals surface area (Å²) in [5, 5.41) is 0. The van der Waals surface area contributed by atoms with E-state index in [4.69, 9.17) is 10.5 Å². The largest absolute Gasteiger partial charge is 0.398 e. The number of nitrogens with zero attached hydrogens (tertiary/aromatic N) is 1. The molecule has 1 aliphatic heterocycles. The second kappa shape index (κ2) is 6.75. The quantitative estimate of drug-likeness (QED) is 0.663. The van der Waals surface area contributed by atoms with Gasteiger partial charge in [-0.15, -0.1) is 0 Å². The number of benzene rings is 1. The number of anilines is 2. The Morgan fingerprint density at radius 2 is 2.30 bits per heavy atom. The van der Waals surface area contributed by atoms with Crippen LogP contribution >= 0.6 is 0 Å². The zero-order valence-corrected chi connectivity index (χ0v) is 12.4. The fraction of sp³-hybridized carbons (Fsp3) is 0.562. The number of hydrogen-bond acceptors (Lipinski definition) is 4. The van der Waals surface area contributed by atoms with E-state index in [2.05, 4.69) is 11.8 Å². The molecule has 1 aromatic carbocycles. The van der Waals surface area contributed by atoms with E-state index < -0.39 is 0 Å². The summed E-state index contributed by atoms with van der Waals surface area (Å²) in [7, 11) is 0. The van der Waals surface area contributed by atoms with Crippen LogP contribution in [0.2, 0.25) is 0 Å². The first-order chi connectivity index (χ1) is 9.61. The van der Waals surface area contributed by atoms with Gasteiger partial charge in [0, 0.05) is 36.6 Å². The van der Waals surface area contributed by atoms with Crippen LogP contribution in [0.1, 0.15) is 43.5 Å². The molecule has 1 aromatic rings. The van der Waals surface area contributed by atoms with E-state index in [0.717, 1.165) is 44.6 Å². The lowest BCUT2D eigenvalue weighted by atomic mass is 10.0. The molecule has 1 fully saturated rings. The van der Waals surface area contributed by atoms with Crippen LogP contribution in [0.5, 0.6) is 0 Å². The molecule has 20 heavy (non-hydrogen) atoms. The summed E-state index contributed by atoms with van der Waals surface area (Å²) >= 11 is 0. The molecule has 1 heterocycles. The van der Waals surface area contributed by atoms with Crippen LogP contribution < -0.4 is 10.6 Å². The van der Waals surface area contributed by atoms with E-state index in [1.54, 1.807) is 6.92 Å². The topological polar surface area (TPSA) is 55.6 Å². The number of carbonyl (C=O) groups excluding carboxylic acids is 1. The smallest absolute Gasteiger partial charge is 0.161 e. The monoisotopic (exact) mass is 276 g/mol. The summed E-state index contributed by atoms with van der Waals surface area (Å²) in [5.41, 5.74) is 8.08. The standard InChI is InChI=1S/C16H24N2O2/c1-3-9-20-14-5-4-8-18(11-14)13-6-7-16(17)15(10-13)12(2)19/h6-7,10,14H,3-5,8-9,11,17H2,1-2H3. The van der Waals surface area contributed by atoms with Crippen molar-refractivity contribution in [1.82, 2.24) is 0 Å². The summed E-state index contributed by atoms with van der Waals surface area (Å²) in [4.78, 5) is 13.9. The van der Waals surface area contributed by atoms with Crippen LogP contribution in [0.4, 0.5) is 11.4 Å². The first-order valence-electron chi connectivity index (χ1n) is 7.38. The maximum Gasteiger partial charge on any atom is 0.161 e. The van der Waals surface area contributed by atoms with Gasteiger partial charge in [0.25, 0.3) is 0 Å². The average Bonchev–Trinajstić information content (AvgIpc) is 2.45. The summed E-state index contributed by atoms with van der Waals surface area (Å²) in [5.74, 6) is 0.0140. The first kappa shape index (κ1) is 14.9. The van der Waals surface area contributed by atoms with Crippen LogP contribution in [0.3, 0.4) is 0 Å². The molecule has 2 N–H and O–H groups in total. The Labute approximate surface area is 120 Å². The van der Waals surface area contributed by atoms with Crippen LogP contribution in [0.15, 0.2) is 18.2 Å². The van der Waals surface area contributed by atoms with Crippen molar-refractivity contribution < 1.29 is 9.53 Å². The van der Waals surface area contributed by atoms with Gasteiger partial charge in [-0.25, -0.2) is 0 Å².